The standard InChI is InChI=1S/C14H17N3O4S2/c1-2-4-12-13(22-16-15-12)14(18)17-7-11(8-17)23(19,20)9-10-5-3-6-21-10/h3,5-6,11H,2,4,7-9H2,1H3. The molecule has 7 nitrogen and oxygen atoms in total. The third kappa shape index (κ3) is 3.30. The number of aryl methyl sites for hydroxylation is 1. The van der Waals surface area contributed by atoms with Crippen molar-refractivity contribution in [3.8, 4) is 0 Å². The number of furan rings is 1. The number of hydrogen-bond donors (Lipinski definition) is 0. The van der Waals surface area contributed by atoms with E-state index in [0.717, 1.165) is 18.0 Å². The molecule has 0 saturated carbocycles. The molecular formula is C14H17N3O4S2. The molecule has 0 bridgehead atoms. The quantitative estimate of drug-likeness (QED) is 0.780. The Morgan fingerprint density at radius 3 is 2.91 bits per heavy atom. The van der Waals surface area contributed by atoms with E-state index < -0.39 is 15.1 Å². The van der Waals surface area contributed by atoms with Crippen molar-refractivity contribution in [2.45, 2.75) is 30.8 Å². The number of hydrogen-bond acceptors (Lipinski definition) is 7. The van der Waals surface area contributed by atoms with Crippen molar-refractivity contribution < 1.29 is 17.6 Å². The lowest BCUT2D eigenvalue weighted by molar-refractivity contribution is 0.0662. The van der Waals surface area contributed by atoms with Crippen LogP contribution in [0.1, 0.15) is 34.5 Å². The molecule has 0 unspecified atom stereocenters. The van der Waals surface area contributed by atoms with Crippen molar-refractivity contribution in [3.05, 3.63) is 34.7 Å². The SMILES string of the molecule is CCCc1nnsc1C(=O)N1CC(S(=O)(=O)Cc2ccco2)C1. The summed E-state index contributed by atoms with van der Waals surface area (Å²) in [5.41, 5.74) is 0.699. The molecule has 1 aliphatic heterocycles. The van der Waals surface area contributed by atoms with E-state index in [4.69, 9.17) is 4.42 Å². The van der Waals surface area contributed by atoms with Gasteiger partial charge in [-0.3, -0.25) is 4.79 Å². The van der Waals surface area contributed by atoms with Gasteiger partial charge in [0.05, 0.1) is 17.2 Å². The first-order valence-corrected chi connectivity index (χ1v) is 9.84. The zero-order valence-corrected chi connectivity index (χ0v) is 14.3. The maximum atomic E-state index is 12.4. The van der Waals surface area contributed by atoms with Crippen LogP contribution in [-0.4, -0.2) is 47.2 Å². The van der Waals surface area contributed by atoms with Crippen LogP contribution in [0, 0.1) is 0 Å². The Balaban J connectivity index is 1.62. The predicted octanol–water partition coefficient (Wildman–Crippen LogP) is 1.52. The number of carbonyl (C=O) groups is 1. The minimum absolute atomic E-state index is 0.129. The van der Waals surface area contributed by atoms with Crippen molar-refractivity contribution in [2.24, 2.45) is 0 Å². The van der Waals surface area contributed by atoms with Gasteiger partial charge in [0.25, 0.3) is 5.91 Å². The van der Waals surface area contributed by atoms with Gasteiger partial charge in [-0.15, -0.1) is 5.10 Å². The third-order valence-electron chi connectivity index (χ3n) is 3.80. The smallest absolute Gasteiger partial charge is 0.267 e. The van der Waals surface area contributed by atoms with Gasteiger partial charge >= 0.3 is 0 Å². The molecule has 0 aliphatic carbocycles. The summed E-state index contributed by atoms with van der Waals surface area (Å²) in [6, 6.07) is 3.30. The number of nitrogens with zero attached hydrogens (tertiary/aromatic N) is 3. The summed E-state index contributed by atoms with van der Waals surface area (Å²) in [5.74, 6) is 0.121. The molecule has 3 rings (SSSR count). The van der Waals surface area contributed by atoms with E-state index in [2.05, 4.69) is 9.59 Å². The summed E-state index contributed by atoms with van der Waals surface area (Å²) in [6.45, 7) is 2.44. The zero-order chi connectivity index (χ0) is 16.4. The van der Waals surface area contributed by atoms with Crippen LogP contribution in [0.15, 0.2) is 22.8 Å². The molecular weight excluding hydrogens is 338 g/mol. The van der Waals surface area contributed by atoms with Crippen molar-refractivity contribution in [3.63, 3.8) is 0 Å². The minimum atomic E-state index is -3.32. The van der Waals surface area contributed by atoms with E-state index in [1.54, 1.807) is 17.0 Å². The minimum Gasteiger partial charge on any atom is -0.468 e. The lowest BCUT2D eigenvalue weighted by Gasteiger charge is -2.38. The summed E-state index contributed by atoms with van der Waals surface area (Å²) < 4.78 is 33.5. The highest BCUT2D eigenvalue weighted by Crippen LogP contribution is 2.24. The summed E-state index contributed by atoms with van der Waals surface area (Å²) in [7, 11) is -3.32. The second kappa shape index (κ2) is 6.40. The van der Waals surface area contributed by atoms with Crippen molar-refractivity contribution in [1.29, 1.82) is 0 Å². The average molecular weight is 355 g/mol. The van der Waals surface area contributed by atoms with Crippen LogP contribution in [-0.2, 0) is 22.0 Å². The van der Waals surface area contributed by atoms with Crippen LogP contribution < -0.4 is 0 Å². The van der Waals surface area contributed by atoms with Crippen LogP contribution in [0.25, 0.3) is 0 Å². The van der Waals surface area contributed by atoms with E-state index >= 15 is 0 Å². The number of likely N-dealkylation sites (tertiary alicyclic amines) is 1. The first kappa shape index (κ1) is 16.1. The maximum Gasteiger partial charge on any atom is 0.267 e. The highest BCUT2D eigenvalue weighted by molar-refractivity contribution is 7.91. The molecule has 3 heterocycles. The van der Waals surface area contributed by atoms with Crippen LogP contribution in [0.3, 0.4) is 0 Å². The number of amides is 1. The van der Waals surface area contributed by atoms with Gasteiger partial charge in [0, 0.05) is 13.1 Å². The van der Waals surface area contributed by atoms with Crippen LogP contribution in [0.5, 0.6) is 0 Å². The molecule has 0 aromatic carbocycles. The molecule has 0 radical (unpaired) electrons. The van der Waals surface area contributed by atoms with Gasteiger partial charge in [0.15, 0.2) is 9.84 Å². The monoisotopic (exact) mass is 355 g/mol. The topological polar surface area (TPSA) is 93.4 Å². The highest BCUT2D eigenvalue weighted by Gasteiger charge is 2.41. The number of sulfone groups is 1. The van der Waals surface area contributed by atoms with E-state index in [0.29, 0.717) is 22.8 Å². The van der Waals surface area contributed by atoms with Crippen LogP contribution in [0.2, 0.25) is 0 Å². The fourth-order valence-electron chi connectivity index (χ4n) is 2.46. The van der Waals surface area contributed by atoms with Gasteiger partial charge in [0.1, 0.15) is 16.4 Å². The fourth-order valence-corrected chi connectivity index (χ4v) is 4.74. The molecule has 1 saturated heterocycles. The van der Waals surface area contributed by atoms with Crippen molar-refractivity contribution in [2.75, 3.05) is 13.1 Å². The zero-order valence-electron chi connectivity index (χ0n) is 12.6. The normalized spacial score (nSPS) is 15.6. The molecule has 23 heavy (non-hydrogen) atoms. The first-order chi connectivity index (χ1) is 11.0. The molecule has 1 amide bonds. The van der Waals surface area contributed by atoms with Gasteiger partial charge < -0.3 is 9.32 Å². The Morgan fingerprint density at radius 1 is 1.48 bits per heavy atom. The average Bonchev–Trinajstić information content (AvgIpc) is 3.07. The van der Waals surface area contributed by atoms with E-state index in [1.807, 2.05) is 6.92 Å². The Hall–Kier alpha value is -1.74. The van der Waals surface area contributed by atoms with E-state index in [1.165, 1.54) is 6.26 Å². The molecule has 1 fully saturated rings. The predicted molar refractivity (Wildman–Crippen MR) is 84.9 cm³/mol. The third-order valence-corrected chi connectivity index (χ3v) is 6.56. The molecule has 0 N–H and O–H groups in total. The molecule has 9 heteroatoms. The molecule has 124 valence electrons. The molecule has 1 aliphatic rings. The lowest BCUT2D eigenvalue weighted by Crippen LogP contribution is -2.57. The Morgan fingerprint density at radius 2 is 2.26 bits per heavy atom. The van der Waals surface area contributed by atoms with Crippen LogP contribution in [0.4, 0.5) is 0 Å². The number of rotatable bonds is 6. The molecule has 2 aromatic heterocycles. The molecule has 0 atom stereocenters. The van der Waals surface area contributed by atoms with Gasteiger partial charge in [-0.2, -0.15) is 0 Å². The second-order valence-electron chi connectivity index (χ2n) is 5.52. The summed E-state index contributed by atoms with van der Waals surface area (Å²) in [4.78, 5) is 14.5. The summed E-state index contributed by atoms with van der Waals surface area (Å²) >= 11 is 1.07. The lowest BCUT2D eigenvalue weighted by atomic mass is 10.1. The largest absolute Gasteiger partial charge is 0.468 e. The van der Waals surface area contributed by atoms with E-state index in [-0.39, 0.29) is 24.7 Å². The Kier molecular flexibility index (Phi) is 4.49. The van der Waals surface area contributed by atoms with Gasteiger partial charge in [0.2, 0.25) is 0 Å². The Labute approximate surface area is 138 Å². The van der Waals surface area contributed by atoms with E-state index in [9.17, 15) is 13.2 Å². The number of carbonyl (C=O) groups excluding carboxylic acids is 1. The maximum absolute atomic E-state index is 12.4. The van der Waals surface area contributed by atoms with Crippen molar-refractivity contribution in [1.82, 2.24) is 14.5 Å². The highest BCUT2D eigenvalue weighted by atomic mass is 32.2. The number of aromatic nitrogens is 2. The van der Waals surface area contributed by atoms with Crippen LogP contribution >= 0.6 is 11.5 Å². The first-order valence-electron chi connectivity index (χ1n) is 7.35. The molecule has 0 spiro atoms. The summed E-state index contributed by atoms with van der Waals surface area (Å²) in [6.07, 6.45) is 3.03. The molecule has 2 aromatic rings. The fraction of sp³-hybridized carbons (Fsp3) is 0.500. The second-order valence-corrected chi connectivity index (χ2v) is 8.55. The van der Waals surface area contributed by atoms with Crippen molar-refractivity contribution >= 4 is 27.3 Å². The Bertz CT molecular complexity index is 777. The summed E-state index contributed by atoms with van der Waals surface area (Å²) in [5, 5.41) is 3.44. The van der Waals surface area contributed by atoms with Gasteiger partial charge in [-0.05, 0) is 30.1 Å². The van der Waals surface area contributed by atoms with Gasteiger partial charge in [-0.25, -0.2) is 8.42 Å². The van der Waals surface area contributed by atoms with Gasteiger partial charge in [-0.1, -0.05) is 17.8 Å².